The summed E-state index contributed by atoms with van der Waals surface area (Å²) in [6.45, 7) is 3.13. The molecule has 1 N–H and O–H groups in total. The zero-order valence-electron chi connectivity index (χ0n) is 13.8. The molecule has 0 saturated carbocycles. The Bertz CT molecular complexity index is 964. The third-order valence-electron chi connectivity index (χ3n) is 3.76. The van der Waals surface area contributed by atoms with E-state index in [-0.39, 0.29) is 5.69 Å². The van der Waals surface area contributed by atoms with Crippen LogP contribution in [0.5, 0.6) is 0 Å². The molecule has 0 aliphatic rings. The van der Waals surface area contributed by atoms with Crippen LogP contribution >= 0.6 is 11.3 Å². The topological polar surface area (TPSA) is 55.4 Å². The van der Waals surface area contributed by atoms with Crippen molar-refractivity contribution in [3.63, 3.8) is 0 Å². The molecule has 128 valence electrons. The molecule has 1 aromatic heterocycles. The third-order valence-corrected chi connectivity index (χ3v) is 5.01. The van der Waals surface area contributed by atoms with Crippen LogP contribution in [0.3, 0.4) is 0 Å². The molecule has 0 bridgehead atoms. The minimum atomic E-state index is -0.588. The van der Waals surface area contributed by atoms with Crippen LogP contribution in [0.4, 0.5) is 10.1 Å². The molecule has 1 heterocycles. The Kier molecular flexibility index (Phi) is 4.81. The molecule has 6 heteroatoms. The second-order valence-electron chi connectivity index (χ2n) is 5.66. The number of hydrogen-bond donors (Lipinski definition) is 1. The summed E-state index contributed by atoms with van der Waals surface area (Å²) in [5.74, 6) is -1.67. The zero-order valence-corrected chi connectivity index (χ0v) is 14.6. The smallest absolute Gasteiger partial charge is 0.349 e. The Hall–Kier alpha value is -2.73. The molecule has 25 heavy (non-hydrogen) atoms. The van der Waals surface area contributed by atoms with Gasteiger partial charge in [-0.2, -0.15) is 0 Å². The van der Waals surface area contributed by atoms with Gasteiger partial charge in [-0.05, 0) is 48.6 Å². The molecular weight excluding hydrogens is 341 g/mol. The van der Waals surface area contributed by atoms with Gasteiger partial charge in [0.25, 0.3) is 5.91 Å². The van der Waals surface area contributed by atoms with E-state index in [4.69, 9.17) is 4.74 Å². The predicted molar refractivity (Wildman–Crippen MR) is 96.6 cm³/mol. The normalized spacial score (nSPS) is 10.7. The van der Waals surface area contributed by atoms with Crippen molar-refractivity contribution < 1.29 is 18.7 Å². The summed E-state index contributed by atoms with van der Waals surface area (Å²) in [5.41, 5.74) is 1.64. The van der Waals surface area contributed by atoms with Crippen molar-refractivity contribution >= 4 is 39.0 Å². The number of amides is 1. The van der Waals surface area contributed by atoms with E-state index in [1.165, 1.54) is 23.5 Å². The molecule has 0 aliphatic carbocycles. The number of carbonyl (C=O) groups excluding carboxylic acids is 2. The molecule has 3 aromatic rings. The van der Waals surface area contributed by atoms with E-state index in [0.717, 1.165) is 21.2 Å². The number of thiophene rings is 1. The molecule has 0 unspecified atom stereocenters. The van der Waals surface area contributed by atoms with E-state index >= 15 is 0 Å². The molecular formula is C19H16FNO3S. The van der Waals surface area contributed by atoms with Crippen LogP contribution in [0.15, 0.2) is 42.5 Å². The van der Waals surface area contributed by atoms with Crippen molar-refractivity contribution in [2.24, 2.45) is 0 Å². The highest BCUT2D eigenvalue weighted by atomic mass is 32.1. The van der Waals surface area contributed by atoms with Crippen molar-refractivity contribution in [3.05, 3.63) is 64.3 Å². The highest BCUT2D eigenvalue weighted by Crippen LogP contribution is 2.30. The molecule has 0 atom stereocenters. The maximum Gasteiger partial charge on any atom is 0.349 e. The number of ether oxygens (including phenoxy) is 1. The molecule has 1 amide bonds. The number of nitrogens with one attached hydrogen (secondary N) is 1. The van der Waals surface area contributed by atoms with Gasteiger partial charge >= 0.3 is 5.97 Å². The number of carbonyl (C=O) groups is 2. The van der Waals surface area contributed by atoms with Crippen molar-refractivity contribution in [2.45, 2.75) is 13.8 Å². The first-order valence-electron chi connectivity index (χ1n) is 7.67. The summed E-state index contributed by atoms with van der Waals surface area (Å²) in [6, 6.07) is 12.1. The maximum absolute atomic E-state index is 13.7. The predicted octanol–water partition coefficient (Wildman–Crippen LogP) is 4.45. The summed E-state index contributed by atoms with van der Waals surface area (Å²) >= 11 is 1.33. The largest absolute Gasteiger partial charge is 0.451 e. The van der Waals surface area contributed by atoms with Crippen molar-refractivity contribution in [2.75, 3.05) is 11.9 Å². The van der Waals surface area contributed by atoms with Gasteiger partial charge in [0.2, 0.25) is 0 Å². The highest BCUT2D eigenvalue weighted by Gasteiger charge is 2.18. The molecule has 0 saturated heterocycles. The van der Waals surface area contributed by atoms with E-state index in [1.54, 1.807) is 13.0 Å². The number of anilines is 1. The van der Waals surface area contributed by atoms with Crippen molar-refractivity contribution in [3.8, 4) is 0 Å². The number of benzene rings is 2. The molecule has 0 radical (unpaired) electrons. The summed E-state index contributed by atoms with van der Waals surface area (Å²) in [7, 11) is 0. The first-order chi connectivity index (χ1) is 12.0. The number of fused-ring (bicyclic) bond motifs is 1. The lowest BCUT2D eigenvalue weighted by Crippen LogP contribution is -2.21. The summed E-state index contributed by atoms with van der Waals surface area (Å²) in [5, 5.41) is 3.39. The molecule has 4 nitrogen and oxygen atoms in total. The number of halogens is 1. The first kappa shape index (κ1) is 17.1. The lowest BCUT2D eigenvalue weighted by atomic mass is 10.1. The van der Waals surface area contributed by atoms with Crippen LogP contribution in [-0.4, -0.2) is 18.5 Å². The number of rotatable bonds is 4. The van der Waals surface area contributed by atoms with Gasteiger partial charge in [-0.15, -0.1) is 11.3 Å². The van der Waals surface area contributed by atoms with Crippen LogP contribution in [0.1, 0.15) is 20.8 Å². The molecule has 2 aromatic carbocycles. The minimum Gasteiger partial charge on any atom is -0.451 e. The van der Waals surface area contributed by atoms with Gasteiger partial charge in [0, 0.05) is 4.70 Å². The lowest BCUT2D eigenvalue weighted by Gasteiger charge is -2.07. The van der Waals surface area contributed by atoms with Gasteiger partial charge in [-0.1, -0.05) is 24.3 Å². The summed E-state index contributed by atoms with van der Waals surface area (Å²) < 4.78 is 19.8. The number of esters is 1. The highest BCUT2D eigenvalue weighted by molar-refractivity contribution is 7.21. The second-order valence-corrected chi connectivity index (χ2v) is 6.71. The average Bonchev–Trinajstić information content (AvgIpc) is 2.93. The van der Waals surface area contributed by atoms with Crippen LogP contribution in [0, 0.1) is 19.7 Å². The van der Waals surface area contributed by atoms with Crippen LogP contribution in [0.2, 0.25) is 0 Å². The third kappa shape index (κ3) is 3.69. The fourth-order valence-corrected chi connectivity index (χ4v) is 3.58. The van der Waals surface area contributed by atoms with E-state index in [1.807, 2.05) is 31.2 Å². The summed E-state index contributed by atoms with van der Waals surface area (Å²) in [6.07, 6.45) is 0. The number of aryl methyl sites for hydroxylation is 2. The zero-order chi connectivity index (χ0) is 18.0. The Balaban J connectivity index is 1.65. The Morgan fingerprint density at radius 1 is 1.16 bits per heavy atom. The molecule has 0 aliphatic heterocycles. The van der Waals surface area contributed by atoms with Crippen molar-refractivity contribution in [1.29, 1.82) is 0 Å². The van der Waals surface area contributed by atoms with Gasteiger partial charge in [0.1, 0.15) is 10.7 Å². The van der Waals surface area contributed by atoms with Crippen LogP contribution in [-0.2, 0) is 9.53 Å². The van der Waals surface area contributed by atoms with Gasteiger partial charge < -0.3 is 10.1 Å². The van der Waals surface area contributed by atoms with Gasteiger partial charge in [0.15, 0.2) is 6.61 Å². The second kappa shape index (κ2) is 7.03. The summed E-state index contributed by atoms with van der Waals surface area (Å²) in [4.78, 5) is 24.6. The van der Waals surface area contributed by atoms with E-state index in [0.29, 0.717) is 4.88 Å². The Labute approximate surface area is 148 Å². The van der Waals surface area contributed by atoms with Crippen molar-refractivity contribution in [1.82, 2.24) is 0 Å². The maximum atomic E-state index is 13.7. The lowest BCUT2D eigenvalue weighted by molar-refractivity contribution is -0.119. The number of hydrogen-bond acceptors (Lipinski definition) is 4. The SMILES string of the molecule is Cc1ccc(NC(=O)COC(=O)c2sc3ccccc3c2C)c(F)c1. The standard InChI is InChI=1S/C19H16FNO3S/c1-11-7-8-15(14(20)9-11)21-17(22)10-24-19(23)18-12(2)13-5-3-4-6-16(13)25-18/h3-9H,10H2,1-2H3,(H,21,22). The van der Waals surface area contributed by atoms with Gasteiger partial charge in [0.05, 0.1) is 5.69 Å². The molecule has 3 rings (SSSR count). The first-order valence-corrected chi connectivity index (χ1v) is 8.48. The fourth-order valence-electron chi connectivity index (χ4n) is 2.47. The molecule has 0 spiro atoms. The quantitative estimate of drug-likeness (QED) is 0.702. The van der Waals surface area contributed by atoms with E-state index in [9.17, 15) is 14.0 Å². The average molecular weight is 357 g/mol. The Morgan fingerprint density at radius 3 is 2.64 bits per heavy atom. The van der Waals surface area contributed by atoms with Crippen LogP contribution in [0.25, 0.3) is 10.1 Å². The molecule has 0 fully saturated rings. The van der Waals surface area contributed by atoms with Gasteiger partial charge in [-0.25, -0.2) is 9.18 Å². The van der Waals surface area contributed by atoms with E-state index < -0.39 is 24.3 Å². The fraction of sp³-hybridized carbons (Fsp3) is 0.158. The van der Waals surface area contributed by atoms with Crippen LogP contribution < -0.4 is 5.32 Å². The van der Waals surface area contributed by atoms with Gasteiger partial charge in [-0.3, -0.25) is 4.79 Å². The minimum absolute atomic E-state index is 0.0599. The Morgan fingerprint density at radius 2 is 1.92 bits per heavy atom. The van der Waals surface area contributed by atoms with E-state index in [2.05, 4.69) is 5.32 Å². The monoisotopic (exact) mass is 357 g/mol.